The van der Waals surface area contributed by atoms with Crippen molar-refractivity contribution < 1.29 is 13.2 Å². The summed E-state index contributed by atoms with van der Waals surface area (Å²) in [5.41, 5.74) is 2.38. The Hall–Kier alpha value is -1.90. The topological polar surface area (TPSA) is 78.5 Å². The molecule has 6 nitrogen and oxygen atoms in total. The minimum absolute atomic E-state index is 0.0875. The molecule has 0 radical (unpaired) electrons. The lowest BCUT2D eigenvalue weighted by molar-refractivity contribution is -0.114. The van der Waals surface area contributed by atoms with E-state index in [1.165, 1.54) is 10.4 Å². The monoisotopic (exact) mass is 465 g/mol. The number of carbonyl (C=O) groups excluding carboxylic acids is 1. The van der Waals surface area contributed by atoms with Crippen LogP contribution in [-0.2, 0) is 14.8 Å². The van der Waals surface area contributed by atoms with Gasteiger partial charge in [-0.25, -0.2) is 8.42 Å². The van der Waals surface area contributed by atoms with Crippen LogP contribution in [0.25, 0.3) is 0 Å². The Morgan fingerprint density at radius 1 is 1.07 bits per heavy atom. The third kappa shape index (κ3) is 5.12. The molecule has 28 heavy (non-hydrogen) atoms. The first-order valence-corrected chi connectivity index (χ1v) is 11.5. The quantitative estimate of drug-likeness (QED) is 0.675. The molecule has 1 aliphatic heterocycles. The predicted octanol–water partition coefficient (Wildman–Crippen LogP) is 3.98. The van der Waals surface area contributed by atoms with Crippen molar-refractivity contribution in [2.24, 2.45) is 0 Å². The first-order chi connectivity index (χ1) is 13.4. The molecule has 1 heterocycles. The van der Waals surface area contributed by atoms with E-state index in [2.05, 4.69) is 26.6 Å². The van der Waals surface area contributed by atoms with Crippen LogP contribution in [-0.4, -0.2) is 38.3 Å². The number of aryl methyl sites for hydroxylation is 1. The van der Waals surface area contributed by atoms with Crippen LogP contribution in [0.1, 0.15) is 24.8 Å². The summed E-state index contributed by atoms with van der Waals surface area (Å²) in [6, 6.07) is 12.2. The molecule has 0 bridgehead atoms. The van der Waals surface area contributed by atoms with Crippen LogP contribution >= 0.6 is 15.9 Å². The molecule has 2 aromatic rings. The standard InChI is InChI=1S/C20H24BrN3O3S/c1-15-12-16(8-9-19(15)21)22-14-20(25)23-17-6-5-7-18(13-17)28(26,27)24-10-3-2-4-11-24/h5-9,12-13,22H,2-4,10-11,14H2,1H3,(H,23,25). The maximum atomic E-state index is 12.8. The number of piperidine rings is 1. The van der Waals surface area contributed by atoms with Gasteiger partial charge in [0.2, 0.25) is 15.9 Å². The van der Waals surface area contributed by atoms with Crippen LogP contribution in [0.3, 0.4) is 0 Å². The van der Waals surface area contributed by atoms with Gasteiger partial charge in [-0.3, -0.25) is 4.79 Å². The molecule has 0 unspecified atom stereocenters. The maximum Gasteiger partial charge on any atom is 0.243 e. The van der Waals surface area contributed by atoms with Gasteiger partial charge >= 0.3 is 0 Å². The van der Waals surface area contributed by atoms with Crippen molar-refractivity contribution in [3.63, 3.8) is 0 Å². The fourth-order valence-corrected chi connectivity index (χ4v) is 4.94. The first kappa shape index (κ1) is 20.8. The summed E-state index contributed by atoms with van der Waals surface area (Å²) in [5, 5.41) is 5.83. The third-order valence-corrected chi connectivity index (χ3v) is 7.47. The zero-order chi connectivity index (χ0) is 20.1. The van der Waals surface area contributed by atoms with E-state index in [9.17, 15) is 13.2 Å². The van der Waals surface area contributed by atoms with Gasteiger partial charge in [0, 0.05) is 28.9 Å². The summed E-state index contributed by atoms with van der Waals surface area (Å²) in [6.45, 7) is 3.17. The first-order valence-electron chi connectivity index (χ1n) is 9.26. The minimum Gasteiger partial charge on any atom is -0.376 e. The Morgan fingerprint density at radius 3 is 2.54 bits per heavy atom. The van der Waals surface area contributed by atoms with Gasteiger partial charge in [-0.1, -0.05) is 28.4 Å². The number of amides is 1. The molecule has 2 N–H and O–H groups in total. The zero-order valence-electron chi connectivity index (χ0n) is 15.7. The Bertz CT molecular complexity index is 957. The molecule has 8 heteroatoms. The van der Waals surface area contributed by atoms with Gasteiger partial charge < -0.3 is 10.6 Å². The van der Waals surface area contributed by atoms with E-state index in [1.54, 1.807) is 18.2 Å². The second-order valence-corrected chi connectivity index (χ2v) is 9.65. The van der Waals surface area contributed by atoms with Gasteiger partial charge in [-0.2, -0.15) is 4.31 Å². The highest BCUT2D eigenvalue weighted by Gasteiger charge is 2.26. The second-order valence-electron chi connectivity index (χ2n) is 6.86. The lowest BCUT2D eigenvalue weighted by atomic mass is 10.2. The summed E-state index contributed by atoms with van der Waals surface area (Å²) in [6.07, 6.45) is 2.83. The van der Waals surface area contributed by atoms with E-state index in [0.717, 1.165) is 35.0 Å². The molecule has 1 amide bonds. The van der Waals surface area contributed by atoms with Crippen molar-refractivity contribution >= 4 is 43.2 Å². The molecular weight excluding hydrogens is 442 g/mol. The third-order valence-electron chi connectivity index (χ3n) is 4.68. The lowest BCUT2D eigenvalue weighted by Crippen LogP contribution is -2.35. The van der Waals surface area contributed by atoms with Crippen LogP contribution in [0.2, 0.25) is 0 Å². The van der Waals surface area contributed by atoms with Crippen LogP contribution in [0, 0.1) is 6.92 Å². The van der Waals surface area contributed by atoms with Crippen molar-refractivity contribution in [1.82, 2.24) is 4.31 Å². The van der Waals surface area contributed by atoms with Crippen molar-refractivity contribution in [2.75, 3.05) is 30.3 Å². The number of rotatable bonds is 6. The van der Waals surface area contributed by atoms with Crippen molar-refractivity contribution in [3.05, 3.63) is 52.5 Å². The number of carbonyl (C=O) groups is 1. The summed E-state index contributed by atoms with van der Waals surface area (Å²) in [4.78, 5) is 12.5. The van der Waals surface area contributed by atoms with Gasteiger partial charge in [0.05, 0.1) is 11.4 Å². The Labute approximate surface area is 174 Å². The van der Waals surface area contributed by atoms with Crippen LogP contribution in [0.15, 0.2) is 51.8 Å². The van der Waals surface area contributed by atoms with Gasteiger partial charge in [-0.15, -0.1) is 0 Å². The molecule has 1 aliphatic rings. The molecule has 0 spiro atoms. The van der Waals surface area contributed by atoms with E-state index < -0.39 is 10.0 Å². The van der Waals surface area contributed by atoms with E-state index in [1.807, 2.05) is 25.1 Å². The molecular formula is C20H24BrN3O3S. The highest BCUT2D eigenvalue weighted by atomic mass is 79.9. The number of halogens is 1. The summed E-state index contributed by atoms with van der Waals surface area (Å²) in [5.74, 6) is -0.243. The fraction of sp³-hybridized carbons (Fsp3) is 0.350. The summed E-state index contributed by atoms with van der Waals surface area (Å²) >= 11 is 3.45. The van der Waals surface area contributed by atoms with Crippen molar-refractivity contribution in [3.8, 4) is 0 Å². The molecule has 2 aromatic carbocycles. The zero-order valence-corrected chi connectivity index (χ0v) is 18.1. The SMILES string of the molecule is Cc1cc(NCC(=O)Nc2cccc(S(=O)(=O)N3CCCCC3)c2)ccc1Br. The molecule has 1 saturated heterocycles. The molecule has 0 aliphatic carbocycles. The molecule has 0 atom stereocenters. The molecule has 0 saturated carbocycles. The van der Waals surface area contributed by atoms with Gasteiger partial charge in [0.1, 0.15) is 0 Å². The smallest absolute Gasteiger partial charge is 0.243 e. The molecule has 1 fully saturated rings. The molecule has 150 valence electrons. The highest BCUT2D eigenvalue weighted by molar-refractivity contribution is 9.10. The normalized spacial score (nSPS) is 15.2. The summed E-state index contributed by atoms with van der Waals surface area (Å²) < 4.78 is 28.1. The van der Waals surface area contributed by atoms with Crippen molar-refractivity contribution in [1.29, 1.82) is 0 Å². The van der Waals surface area contributed by atoms with Crippen molar-refractivity contribution in [2.45, 2.75) is 31.1 Å². The van der Waals surface area contributed by atoms with Gasteiger partial charge in [-0.05, 0) is 61.7 Å². The Balaban J connectivity index is 1.63. The number of nitrogens with one attached hydrogen (secondary N) is 2. The average molecular weight is 466 g/mol. The molecule has 3 rings (SSSR count). The second kappa shape index (κ2) is 9.07. The number of nitrogens with zero attached hydrogens (tertiary/aromatic N) is 1. The number of benzene rings is 2. The average Bonchev–Trinajstić information content (AvgIpc) is 2.70. The van der Waals surface area contributed by atoms with E-state index in [0.29, 0.717) is 18.8 Å². The van der Waals surface area contributed by atoms with Crippen LogP contribution in [0.5, 0.6) is 0 Å². The number of hydrogen-bond donors (Lipinski definition) is 2. The predicted molar refractivity (Wildman–Crippen MR) is 115 cm³/mol. The van der Waals surface area contributed by atoms with E-state index in [-0.39, 0.29) is 17.3 Å². The van der Waals surface area contributed by atoms with Crippen LogP contribution < -0.4 is 10.6 Å². The molecule has 0 aromatic heterocycles. The number of hydrogen-bond acceptors (Lipinski definition) is 4. The lowest BCUT2D eigenvalue weighted by Gasteiger charge is -2.26. The number of sulfonamides is 1. The van der Waals surface area contributed by atoms with Crippen LogP contribution in [0.4, 0.5) is 11.4 Å². The summed E-state index contributed by atoms with van der Waals surface area (Å²) in [7, 11) is -3.52. The Morgan fingerprint density at radius 2 is 1.82 bits per heavy atom. The number of anilines is 2. The minimum atomic E-state index is -3.52. The van der Waals surface area contributed by atoms with Gasteiger partial charge in [0.15, 0.2) is 0 Å². The maximum absolute atomic E-state index is 12.8. The van der Waals surface area contributed by atoms with E-state index >= 15 is 0 Å². The van der Waals surface area contributed by atoms with E-state index in [4.69, 9.17) is 0 Å². The largest absolute Gasteiger partial charge is 0.376 e. The highest BCUT2D eigenvalue weighted by Crippen LogP contribution is 2.23. The Kier molecular flexibility index (Phi) is 6.74. The fourth-order valence-electron chi connectivity index (χ4n) is 3.13. The van der Waals surface area contributed by atoms with Gasteiger partial charge in [0.25, 0.3) is 0 Å².